The van der Waals surface area contributed by atoms with E-state index in [0.29, 0.717) is 10.6 Å². The molecule has 0 saturated carbocycles. The first-order chi connectivity index (χ1) is 8.58. The van der Waals surface area contributed by atoms with Crippen LogP contribution in [0.15, 0.2) is 24.3 Å². The summed E-state index contributed by atoms with van der Waals surface area (Å²) in [5.41, 5.74) is 1.04. The summed E-state index contributed by atoms with van der Waals surface area (Å²) in [6.45, 7) is 0. The monoisotopic (exact) mass is 268 g/mol. The van der Waals surface area contributed by atoms with Gasteiger partial charge in [-0.25, -0.2) is 4.79 Å². The predicted octanol–water partition coefficient (Wildman–Crippen LogP) is 2.70. The van der Waals surface area contributed by atoms with E-state index >= 15 is 0 Å². The standard InChI is InChI=1S/C13H13ClO4/c1-17-12(15)5-3-4-9-6-7-11(14)10(8-9)13(16)18-2/h3-4,6-8H,5H2,1-2H3. The zero-order valence-corrected chi connectivity index (χ0v) is 10.9. The molecule has 0 aromatic heterocycles. The van der Waals surface area contributed by atoms with Gasteiger partial charge >= 0.3 is 11.9 Å². The van der Waals surface area contributed by atoms with Gasteiger partial charge in [0.25, 0.3) is 0 Å². The fraction of sp³-hybridized carbons (Fsp3) is 0.231. The fourth-order valence-corrected chi connectivity index (χ4v) is 1.48. The third kappa shape index (κ3) is 3.89. The highest BCUT2D eigenvalue weighted by Gasteiger charge is 2.10. The average molecular weight is 269 g/mol. The van der Waals surface area contributed by atoms with Crippen LogP contribution in [0, 0.1) is 0 Å². The largest absolute Gasteiger partial charge is 0.469 e. The Balaban J connectivity index is 2.85. The number of hydrogen-bond donors (Lipinski definition) is 0. The lowest BCUT2D eigenvalue weighted by atomic mass is 10.1. The summed E-state index contributed by atoms with van der Waals surface area (Å²) in [5.74, 6) is -0.823. The van der Waals surface area contributed by atoms with Crippen LogP contribution in [0.5, 0.6) is 0 Å². The Morgan fingerprint density at radius 3 is 2.61 bits per heavy atom. The second-order valence-electron chi connectivity index (χ2n) is 3.41. The normalized spacial score (nSPS) is 10.4. The van der Waals surface area contributed by atoms with Crippen molar-refractivity contribution in [2.45, 2.75) is 6.42 Å². The zero-order valence-electron chi connectivity index (χ0n) is 10.1. The minimum atomic E-state index is -0.497. The molecule has 18 heavy (non-hydrogen) atoms. The molecule has 0 saturated heterocycles. The van der Waals surface area contributed by atoms with Crippen molar-refractivity contribution in [1.82, 2.24) is 0 Å². The maximum absolute atomic E-state index is 11.4. The Kier molecular flexibility index (Phi) is 5.39. The number of benzene rings is 1. The third-order valence-electron chi connectivity index (χ3n) is 2.22. The summed E-state index contributed by atoms with van der Waals surface area (Å²) >= 11 is 5.88. The number of hydrogen-bond acceptors (Lipinski definition) is 4. The molecule has 96 valence electrons. The van der Waals surface area contributed by atoms with E-state index in [4.69, 9.17) is 11.6 Å². The van der Waals surface area contributed by atoms with Crippen LogP contribution in [0.4, 0.5) is 0 Å². The smallest absolute Gasteiger partial charge is 0.339 e. The highest BCUT2D eigenvalue weighted by Crippen LogP contribution is 2.19. The van der Waals surface area contributed by atoms with Crippen molar-refractivity contribution in [3.05, 3.63) is 40.4 Å². The van der Waals surface area contributed by atoms with Gasteiger partial charge in [0.05, 0.1) is 31.2 Å². The molecular weight excluding hydrogens is 256 g/mol. The van der Waals surface area contributed by atoms with Crippen LogP contribution >= 0.6 is 11.6 Å². The molecule has 0 aliphatic rings. The van der Waals surface area contributed by atoms with E-state index < -0.39 is 5.97 Å². The molecule has 1 rings (SSSR count). The van der Waals surface area contributed by atoms with Crippen molar-refractivity contribution >= 4 is 29.6 Å². The van der Waals surface area contributed by atoms with E-state index in [1.54, 1.807) is 30.4 Å². The van der Waals surface area contributed by atoms with Gasteiger partial charge in [0.15, 0.2) is 0 Å². The molecule has 1 aromatic carbocycles. The first-order valence-electron chi connectivity index (χ1n) is 5.19. The molecule has 0 radical (unpaired) electrons. The lowest BCUT2D eigenvalue weighted by molar-refractivity contribution is -0.139. The molecule has 0 heterocycles. The van der Waals surface area contributed by atoms with Gasteiger partial charge in [-0.05, 0) is 17.7 Å². The Morgan fingerprint density at radius 1 is 1.28 bits per heavy atom. The number of rotatable bonds is 4. The molecule has 0 aliphatic heterocycles. The van der Waals surface area contributed by atoms with Crippen molar-refractivity contribution < 1.29 is 19.1 Å². The second-order valence-corrected chi connectivity index (χ2v) is 3.82. The summed E-state index contributed by atoms with van der Waals surface area (Å²) in [6, 6.07) is 4.94. The lowest BCUT2D eigenvalue weighted by Gasteiger charge is -2.03. The molecule has 4 nitrogen and oxygen atoms in total. The van der Waals surface area contributed by atoms with E-state index in [1.165, 1.54) is 14.2 Å². The predicted molar refractivity (Wildman–Crippen MR) is 68.5 cm³/mol. The molecule has 1 aromatic rings. The van der Waals surface area contributed by atoms with Crippen LogP contribution in [-0.4, -0.2) is 26.2 Å². The Bertz CT molecular complexity index is 480. The van der Waals surface area contributed by atoms with Crippen LogP contribution in [0.2, 0.25) is 5.02 Å². The summed E-state index contributed by atoms with van der Waals surface area (Å²) in [4.78, 5) is 22.3. The van der Waals surface area contributed by atoms with Gasteiger partial charge in [-0.3, -0.25) is 4.79 Å². The SMILES string of the molecule is COC(=O)CC=Cc1ccc(Cl)c(C(=O)OC)c1. The van der Waals surface area contributed by atoms with Crippen molar-refractivity contribution in [3.63, 3.8) is 0 Å². The summed E-state index contributed by atoms with van der Waals surface area (Å²) in [6.07, 6.45) is 3.53. The van der Waals surface area contributed by atoms with Crippen molar-refractivity contribution in [2.24, 2.45) is 0 Å². The Morgan fingerprint density at radius 2 is 2.00 bits per heavy atom. The summed E-state index contributed by atoms with van der Waals surface area (Å²) < 4.78 is 9.11. The quantitative estimate of drug-likeness (QED) is 0.788. The van der Waals surface area contributed by atoms with E-state index in [-0.39, 0.29) is 12.4 Å². The van der Waals surface area contributed by atoms with E-state index in [1.807, 2.05) is 0 Å². The van der Waals surface area contributed by atoms with Crippen LogP contribution in [0.3, 0.4) is 0 Å². The summed E-state index contributed by atoms with van der Waals surface area (Å²) in [7, 11) is 2.62. The number of carbonyl (C=O) groups excluding carboxylic acids is 2. The third-order valence-corrected chi connectivity index (χ3v) is 2.55. The van der Waals surface area contributed by atoms with E-state index in [0.717, 1.165) is 5.56 Å². The minimum Gasteiger partial charge on any atom is -0.469 e. The Labute approximate surface area is 110 Å². The van der Waals surface area contributed by atoms with Crippen molar-refractivity contribution in [2.75, 3.05) is 14.2 Å². The number of methoxy groups -OCH3 is 2. The first-order valence-corrected chi connectivity index (χ1v) is 5.57. The van der Waals surface area contributed by atoms with Crippen LogP contribution in [0.1, 0.15) is 22.3 Å². The summed E-state index contributed by atoms with van der Waals surface area (Å²) in [5, 5.41) is 0.326. The molecule has 5 heteroatoms. The van der Waals surface area contributed by atoms with Crippen LogP contribution in [-0.2, 0) is 14.3 Å². The van der Waals surface area contributed by atoms with Gasteiger partial charge < -0.3 is 9.47 Å². The molecule has 0 amide bonds. The maximum Gasteiger partial charge on any atom is 0.339 e. The van der Waals surface area contributed by atoms with Gasteiger partial charge in [0, 0.05) is 0 Å². The number of ether oxygens (including phenoxy) is 2. The Hall–Kier alpha value is -1.81. The molecular formula is C13H13ClO4. The van der Waals surface area contributed by atoms with E-state index in [2.05, 4.69) is 9.47 Å². The number of carbonyl (C=O) groups is 2. The zero-order chi connectivity index (χ0) is 13.5. The first kappa shape index (κ1) is 14.3. The topological polar surface area (TPSA) is 52.6 Å². The van der Waals surface area contributed by atoms with Gasteiger partial charge in [0.1, 0.15) is 0 Å². The van der Waals surface area contributed by atoms with Gasteiger partial charge in [0.2, 0.25) is 0 Å². The molecule has 0 aliphatic carbocycles. The van der Waals surface area contributed by atoms with E-state index in [9.17, 15) is 9.59 Å². The highest BCUT2D eigenvalue weighted by molar-refractivity contribution is 6.33. The molecule has 0 bridgehead atoms. The van der Waals surface area contributed by atoms with Crippen molar-refractivity contribution in [3.8, 4) is 0 Å². The maximum atomic E-state index is 11.4. The minimum absolute atomic E-state index is 0.173. The lowest BCUT2D eigenvalue weighted by Crippen LogP contribution is -2.02. The second kappa shape index (κ2) is 6.81. The van der Waals surface area contributed by atoms with Crippen LogP contribution < -0.4 is 0 Å². The van der Waals surface area contributed by atoms with Crippen LogP contribution in [0.25, 0.3) is 6.08 Å². The van der Waals surface area contributed by atoms with Gasteiger partial charge in [-0.15, -0.1) is 0 Å². The molecule has 0 N–H and O–H groups in total. The number of esters is 2. The molecule has 0 fully saturated rings. The average Bonchev–Trinajstić information content (AvgIpc) is 2.39. The molecule has 0 unspecified atom stereocenters. The van der Waals surface area contributed by atoms with Crippen molar-refractivity contribution in [1.29, 1.82) is 0 Å². The van der Waals surface area contributed by atoms with Gasteiger partial charge in [-0.1, -0.05) is 29.8 Å². The fourth-order valence-electron chi connectivity index (χ4n) is 1.29. The number of halogens is 1. The molecule has 0 spiro atoms. The molecule has 0 atom stereocenters. The highest BCUT2D eigenvalue weighted by atomic mass is 35.5. The van der Waals surface area contributed by atoms with Gasteiger partial charge in [-0.2, -0.15) is 0 Å².